The molecule has 0 spiro atoms. The summed E-state index contributed by atoms with van der Waals surface area (Å²) in [6.45, 7) is 16.7. The minimum Gasteiger partial charge on any atom is -0.444 e. The number of carbonyl (C=O) groups excluding carboxylic acids is 4. The fourth-order valence-corrected chi connectivity index (χ4v) is 4.37. The van der Waals surface area contributed by atoms with Crippen molar-refractivity contribution in [1.82, 2.24) is 20.4 Å². The lowest BCUT2D eigenvalue weighted by Crippen LogP contribution is -2.59. The van der Waals surface area contributed by atoms with E-state index in [0.29, 0.717) is 19.4 Å². The Morgan fingerprint density at radius 1 is 1.18 bits per heavy atom. The van der Waals surface area contributed by atoms with E-state index in [0.717, 1.165) is 0 Å². The Hall–Kier alpha value is -2.29. The largest absolute Gasteiger partial charge is 0.444 e. The molecule has 1 saturated heterocycles. The van der Waals surface area contributed by atoms with Gasteiger partial charge in [0.25, 0.3) is 5.91 Å². The molecular formula is C23H37ClN4O5. The maximum atomic E-state index is 13.6. The highest BCUT2D eigenvalue weighted by Gasteiger charge is 2.60. The first-order valence-electron chi connectivity index (χ1n) is 11.2. The predicted molar refractivity (Wildman–Crippen MR) is 125 cm³/mol. The molecule has 1 heterocycles. The second kappa shape index (κ2) is 9.52. The summed E-state index contributed by atoms with van der Waals surface area (Å²) in [5, 5.41) is 5.49. The summed E-state index contributed by atoms with van der Waals surface area (Å²) >= 11 is 5.53. The van der Waals surface area contributed by atoms with Gasteiger partial charge in [0.15, 0.2) is 0 Å². The molecule has 1 unspecified atom stereocenters. The molecule has 2 fully saturated rings. The van der Waals surface area contributed by atoms with Gasteiger partial charge in [-0.1, -0.05) is 33.8 Å². The number of carbonyl (C=O) groups is 4. The topological polar surface area (TPSA) is 117 Å². The van der Waals surface area contributed by atoms with E-state index < -0.39 is 46.5 Å². The molecule has 186 valence electrons. The van der Waals surface area contributed by atoms with Gasteiger partial charge in [-0.15, -0.1) is 6.58 Å². The van der Waals surface area contributed by atoms with Gasteiger partial charge in [-0.05, 0) is 44.9 Å². The van der Waals surface area contributed by atoms with Crippen LogP contribution >= 0.6 is 11.8 Å². The molecule has 2 aliphatic rings. The van der Waals surface area contributed by atoms with Crippen LogP contribution in [0.15, 0.2) is 12.7 Å². The molecule has 0 aromatic rings. The third-order valence-electron chi connectivity index (χ3n) is 6.01. The lowest BCUT2D eigenvalue weighted by atomic mass is 9.85. The fraction of sp³-hybridized carbons (Fsp3) is 0.739. The molecule has 0 bridgehead atoms. The average Bonchev–Trinajstić information content (AvgIpc) is 3.25. The van der Waals surface area contributed by atoms with E-state index in [1.54, 1.807) is 26.8 Å². The smallest absolute Gasteiger partial charge is 0.408 e. The van der Waals surface area contributed by atoms with Gasteiger partial charge >= 0.3 is 6.09 Å². The summed E-state index contributed by atoms with van der Waals surface area (Å²) in [7, 11) is 0. The molecule has 0 aromatic heterocycles. The van der Waals surface area contributed by atoms with Gasteiger partial charge in [0.1, 0.15) is 23.2 Å². The molecule has 9 nitrogen and oxygen atoms in total. The van der Waals surface area contributed by atoms with Gasteiger partial charge < -0.3 is 20.3 Å². The first-order chi connectivity index (χ1) is 15.1. The Morgan fingerprint density at radius 3 is 2.24 bits per heavy atom. The number of halogens is 1. The minimum absolute atomic E-state index is 0.0686. The first kappa shape index (κ1) is 27.0. The highest BCUT2D eigenvalue weighted by atomic mass is 35.5. The summed E-state index contributed by atoms with van der Waals surface area (Å²) in [6.07, 6.45) is 1.74. The Labute approximate surface area is 201 Å². The first-order valence-corrected chi connectivity index (χ1v) is 11.6. The number of hydrogen-bond donors (Lipinski definition) is 3. The third-order valence-corrected chi connectivity index (χ3v) is 6.18. The SMILES string of the molecule is C=CC1C[C@]1(NC(=O)[C@@H]1C[C@@H](C)CN1C(=O)[C@@H](NC(=O)OC(C)(C)C)C(C)(C)C)C(=O)NCl. The Morgan fingerprint density at radius 2 is 1.79 bits per heavy atom. The van der Waals surface area contributed by atoms with E-state index in [4.69, 9.17) is 16.5 Å². The van der Waals surface area contributed by atoms with Crippen LogP contribution in [0.2, 0.25) is 0 Å². The number of rotatable bonds is 6. The number of ether oxygens (including phenoxy) is 1. The van der Waals surface area contributed by atoms with Gasteiger partial charge in [0, 0.05) is 24.2 Å². The zero-order valence-corrected chi connectivity index (χ0v) is 21.3. The van der Waals surface area contributed by atoms with Crippen LogP contribution in [-0.2, 0) is 19.1 Å². The number of amides is 4. The van der Waals surface area contributed by atoms with Crippen molar-refractivity contribution < 1.29 is 23.9 Å². The summed E-state index contributed by atoms with van der Waals surface area (Å²) in [6, 6.07) is -1.68. The average molecular weight is 485 g/mol. The highest BCUT2D eigenvalue weighted by Crippen LogP contribution is 2.45. The zero-order chi connectivity index (χ0) is 25.4. The Bertz CT molecular complexity index is 819. The fourth-order valence-electron chi connectivity index (χ4n) is 4.20. The number of hydrogen-bond acceptors (Lipinski definition) is 5. The second-order valence-corrected chi connectivity index (χ2v) is 11.4. The van der Waals surface area contributed by atoms with Crippen LogP contribution in [0.25, 0.3) is 0 Å². The van der Waals surface area contributed by atoms with Crippen LogP contribution in [0.1, 0.15) is 61.3 Å². The zero-order valence-electron chi connectivity index (χ0n) is 20.6. The van der Waals surface area contributed by atoms with Crippen LogP contribution in [-0.4, -0.2) is 58.5 Å². The van der Waals surface area contributed by atoms with Crippen molar-refractivity contribution in [2.75, 3.05) is 6.54 Å². The molecular weight excluding hydrogens is 448 g/mol. The number of nitrogens with one attached hydrogen (secondary N) is 3. The third kappa shape index (κ3) is 6.19. The van der Waals surface area contributed by atoms with Crippen molar-refractivity contribution in [3.8, 4) is 0 Å². The van der Waals surface area contributed by atoms with Crippen molar-refractivity contribution in [2.24, 2.45) is 17.3 Å². The number of alkyl carbamates (subject to hydrolysis) is 1. The van der Waals surface area contributed by atoms with Crippen molar-refractivity contribution in [2.45, 2.75) is 84.5 Å². The van der Waals surface area contributed by atoms with Crippen molar-refractivity contribution in [3.05, 3.63) is 12.7 Å². The van der Waals surface area contributed by atoms with Crippen LogP contribution in [0.4, 0.5) is 4.79 Å². The van der Waals surface area contributed by atoms with Gasteiger partial charge in [0.2, 0.25) is 11.8 Å². The van der Waals surface area contributed by atoms with Gasteiger partial charge in [-0.25, -0.2) is 4.79 Å². The Kier molecular flexibility index (Phi) is 7.78. The molecule has 2 rings (SSSR count). The van der Waals surface area contributed by atoms with Crippen molar-refractivity contribution in [1.29, 1.82) is 0 Å². The lowest BCUT2D eigenvalue weighted by molar-refractivity contribution is -0.143. The maximum Gasteiger partial charge on any atom is 0.408 e. The summed E-state index contributed by atoms with van der Waals surface area (Å²) in [4.78, 5) is 55.2. The molecule has 0 aromatic carbocycles. The van der Waals surface area contributed by atoms with E-state index in [9.17, 15) is 19.2 Å². The second-order valence-electron chi connectivity index (χ2n) is 11.2. The standard InChI is InChI=1S/C23H37ClN4O5/c1-9-14-11-23(14,19(31)27-24)26-17(29)15-10-13(2)12-28(15)18(30)16(21(3,4)5)25-20(32)33-22(6,7)8/h9,13-16H,1,10-12H2,2-8H3,(H,25,32)(H,26,29)(H,27,31)/t13-,14?,15+,16-,23-/m1/s1. The van der Waals surface area contributed by atoms with Crippen LogP contribution in [0.3, 0.4) is 0 Å². The quantitative estimate of drug-likeness (QED) is 0.395. The predicted octanol–water partition coefficient (Wildman–Crippen LogP) is 2.49. The van der Waals surface area contributed by atoms with Crippen LogP contribution in [0.5, 0.6) is 0 Å². The van der Waals surface area contributed by atoms with E-state index in [1.165, 1.54) is 4.90 Å². The highest BCUT2D eigenvalue weighted by molar-refractivity contribution is 6.23. The van der Waals surface area contributed by atoms with Crippen LogP contribution < -0.4 is 15.5 Å². The summed E-state index contributed by atoms with van der Waals surface area (Å²) in [5.74, 6) is -1.48. The molecule has 0 radical (unpaired) electrons. The normalized spacial score (nSPS) is 27.9. The van der Waals surface area contributed by atoms with Gasteiger partial charge in [-0.2, -0.15) is 0 Å². The molecule has 10 heteroatoms. The molecule has 1 saturated carbocycles. The molecule has 1 aliphatic heterocycles. The number of likely N-dealkylation sites (tertiary alicyclic amines) is 1. The molecule has 33 heavy (non-hydrogen) atoms. The van der Waals surface area contributed by atoms with E-state index >= 15 is 0 Å². The number of nitrogens with zero attached hydrogens (tertiary/aromatic N) is 1. The monoisotopic (exact) mass is 484 g/mol. The Balaban J connectivity index is 2.23. The maximum absolute atomic E-state index is 13.6. The summed E-state index contributed by atoms with van der Waals surface area (Å²) < 4.78 is 5.34. The van der Waals surface area contributed by atoms with E-state index in [1.807, 2.05) is 27.7 Å². The molecule has 3 N–H and O–H groups in total. The van der Waals surface area contributed by atoms with E-state index in [2.05, 4.69) is 22.0 Å². The molecule has 1 aliphatic carbocycles. The van der Waals surface area contributed by atoms with E-state index in [-0.39, 0.29) is 17.7 Å². The van der Waals surface area contributed by atoms with Crippen molar-refractivity contribution >= 4 is 35.6 Å². The van der Waals surface area contributed by atoms with Gasteiger partial charge in [-0.3, -0.25) is 19.2 Å². The minimum atomic E-state index is -1.15. The van der Waals surface area contributed by atoms with Crippen LogP contribution in [0, 0.1) is 17.3 Å². The van der Waals surface area contributed by atoms with Gasteiger partial charge in [0.05, 0.1) is 0 Å². The summed E-state index contributed by atoms with van der Waals surface area (Å²) in [5.41, 5.74) is -2.51. The molecule has 4 amide bonds. The molecule has 5 atom stereocenters. The lowest BCUT2D eigenvalue weighted by Gasteiger charge is -2.36. The van der Waals surface area contributed by atoms with Crippen molar-refractivity contribution in [3.63, 3.8) is 0 Å².